The normalized spacial score (nSPS) is 11.4. The van der Waals surface area contributed by atoms with Gasteiger partial charge >= 0.3 is 0 Å². The van der Waals surface area contributed by atoms with E-state index in [4.69, 9.17) is 0 Å². The van der Waals surface area contributed by atoms with Crippen LogP contribution in [0, 0.1) is 0 Å². The van der Waals surface area contributed by atoms with E-state index >= 15 is 0 Å². The lowest BCUT2D eigenvalue weighted by Crippen LogP contribution is -1.98. The summed E-state index contributed by atoms with van der Waals surface area (Å²) in [5, 5.41) is 8.75. The lowest BCUT2D eigenvalue weighted by molar-refractivity contribution is 0.768. The molecule has 0 aliphatic heterocycles. The number of aromatic amines is 1. The summed E-state index contributed by atoms with van der Waals surface area (Å²) in [7, 11) is 1.90. The van der Waals surface area contributed by atoms with E-state index in [-0.39, 0.29) is 0 Å². The molecule has 0 aliphatic carbocycles. The summed E-state index contributed by atoms with van der Waals surface area (Å²) in [5.41, 5.74) is 4.85. The van der Waals surface area contributed by atoms with Crippen LogP contribution in [0.15, 0.2) is 61.4 Å². The zero-order valence-electron chi connectivity index (χ0n) is 13.5. The van der Waals surface area contributed by atoms with Crippen LogP contribution in [0.1, 0.15) is 0 Å². The van der Waals surface area contributed by atoms with E-state index in [1.165, 1.54) is 0 Å². The third kappa shape index (κ3) is 2.25. The van der Waals surface area contributed by atoms with Gasteiger partial charge in [-0.15, -0.1) is 0 Å². The van der Waals surface area contributed by atoms with Crippen molar-refractivity contribution < 1.29 is 0 Å². The molecule has 7 heteroatoms. The van der Waals surface area contributed by atoms with Gasteiger partial charge in [-0.2, -0.15) is 5.10 Å². The van der Waals surface area contributed by atoms with Gasteiger partial charge < -0.3 is 10.3 Å². The van der Waals surface area contributed by atoms with E-state index in [1.54, 1.807) is 10.9 Å². The van der Waals surface area contributed by atoms with Crippen LogP contribution in [0.25, 0.3) is 27.8 Å². The molecule has 0 aliphatic rings. The lowest BCUT2D eigenvalue weighted by Gasteiger charge is -2.07. The number of anilines is 2. The third-order valence-electron chi connectivity index (χ3n) is 4.24. The Bertz CT molecular complexity index is 1190. The van der Waals surface area contributed by atoms with Gasteiger partial charge in [-0.25, -0.2) is 9.97 Å². The minimum Gasteiger partial charge on any atom is -0.361 e. The summed E-state index contributed by atoms with van der Waals surface area (Å²) in [6.45, 7) is 0. The van der Waals surface area contributed by atoms with Crippen molar-refractivity contribution in [2.45, 2.75) is 0 Å². The summed E-state index contributed by atoms with van der Waals surface area (Å²) >= 11 is 0. The molecule has 0 fully saturated rings. The van der Waals surface area contributed by atoms with Crippen molar-refractivity contribution in [3.8, 4) is 11.3 Å². The molecule has 4 heterocycles. The summed E-state index contributed by atoms with van der Waals surface area (Å²) in [6.07, 6.45) is 11.3. The molecule has 0 atom stereocenters. The fourth-order valence-corrected chi connectivity index (χ4v) is 3.04. The summed E-state index contributed by atoms with van der Waals surface area (Å²) in [5.74, 6) is 0.715. The number of hydrogen-bond donors (Lipinski definition) is 2. The first-order chi connectivity index (χ1) is 12.3. The Kier molecular flexibility index (Phi) is 2.87. The fourth-order valence-electron chi connectivity index (χ4n) is 3.04. The first-order valence-electron chi connectivity index (χ1n) is 7.93. The second-order valence-corrected chi connectivity index (χ2v) is 5.92. The van der Waals surface area contributed by atoms with Crippen LogP contribution in [0.4, 0.5) is 11.5 Å². The van der Waals surface area contributed by atoms with Gasteiger partial charge in [0.15, 0.2) is 11.5 Å². The average molecular weight is 329 g/mol. The third-order valence-corrected chi connectivity index (χ3v) is 4.24. The van der Waals surface area contributed by atoms with Crippen molar-refractivity contribution >= 4 is 28.1 Å². The molecular weight excluding hydrogens is 314 g/mol. The summed E-state index contributed by atoms with van der Waals surface area (Å²) < 4.78 is 3.79. The quantitative estimate of drug-likeness (QED) is 0.532. The van der Waals surface area contributed by atoms with Gasteiger partial charge in [-0.3, -0.25) is 9.08 Å². The average Bonchev–Trinajstić information content (AvgIpc) is 3.33. The van der Waals surface area contributed by atoms with Crippen LogP contribution in [-0.2, 0) is 7.05 Å². The second kappa shape index (κ2) is 5.20. The van der Waals surface area contributed by atoms with E-state index in [1.807, 2.05) is 60.6 Å². The minimum atomic E-state index is 0.715. The lowest BCUT2D eigenvalue weighted by atomic mass is 10.2. The van der Waals surface area contributed by atoms with E-state index in [9.17, 15) is 0 Å². The molecule has 0 spiro atoms. The standard InChI is InChI=1S/C18H15N7/c1-24-11-13(9-22-24)16-10-21-18-17(20-6-7-25(16)18)23-14-2-3-15-12(8-14)4-5-19-15/h2-11,19H,1H3,(H,20,23). The Morgan fingerprint density at radius 2 is 2.08 bits per heavy atom. The Balaban J connectivity index is 1.58. The number of H-pyrrole nitrogens is 1. The number of aromatic nitrogens is 6. The molecule has 7 nitrogen and oxygen atoms in total. The minimum absolute atomic E-state index is 0.715. The largest absolute Gasteiger partial charge is 0.361 e. The Morgan fingerprint density at radius 3 is 2.96 bits per heavy atom. The van der Waals surface area contributed by atoms with Crippen molar-refractivity contribution in [1.82, 2.24) is 29.1 Å². The zero-order valence-corrected chi connectivity index (χ0v) is 13.5. The maximum atomic E-state index is 4.55. The number of rotatable bonds is 3. The van der Waals surface area contributed by atoms with Crippen molar-refractivity contribution in [3.05, 3.63) is 61.4 Å². The van der Waals surface area contributed by atoms with E-state index in [0.29, 0.717) is 5.82 Å². The van der Waals surface area contributed by atoms with Gasteiger partial charge in [0.2, 0.25) is 0 Å². The highest BCUT2D eigenvalue weighted by molar-refractivity contribution is 5.85. The predicted molar refractivity (Wildman–Crippen MR) is 96.8 cm³/mol. The Hall–Kier alpha value is -3.61. The van der Waals surface area contributed by atoms with Gasteiger partial charge in [0, 0.05) is 54.0 Å². The van der Waals surface area contributed by atoms with Crippen molar-refractivity contribution in [2.24, 2.45) is 7.05 Å². The topological polar surface area (TPSA) is 75.8 Å². The number of fused-ring (bicyclic) bond motifs is 2. The predicted octanol–water partition coefficient (Wildman–Crippen LogP) is 3.35. The van der Waals surface area contributed by atoms with E-state index in [0.717, 1.165) is 33.5 Å². The molecule has 1 aromatic carbocycles. The Labute approximate surface area is 143 Å². The highest BCUT2D eigenvalue weighted by atomic mass is 15.2. The first-order valence-corrected chi connectivity index (χ1v) is 7.93. The zero-order chi connectivity index (χ0) is 16.8. The molecule has 0 unspecified atom stereocenters. The molecular formula is C18H15N7. The molecule has 0 saturated heterocycles. The molecule has 0 bridgehead atoms. The van der Waals surface area contributed by atoms with E-state index in [2.05, 4.69) is 31.4 Å². The van der Waals surface area contributed by atoms with Gasteiger partial charge in [-0.1, -0.05) is 0 Å². The number of benzene rings is 1. The Morgan fingerprint density at radius 1 is 1.12 bits per heavy atom. The maximum absolute atomic E-state index is 4.55. The fraction of sp³-hybridized carbons (Fsp3) is 0.0556. The molecule has 25 heavy (non-hydrogen) atoms. The number of nitrogens with one attached hydrogen (secondary N) is 2. The van der Waals surface area contributed by atoms with E-state index < -0.39 is 0 Å². The molecule has 0 saturated carbocycles. The number of nitrogens with zero attached hydrogens (tertiary/aromatic N) is 5. The van der Waals surface area contributed by atoms with Gasteiger partial charge in [0.25, 0.3) is 0 Å². The molecule has 4 aromatic heterocycles. The van der Waals surface area contributed by atoms with Crippen LogP contribution in [0.3, 0.4) is 0 Å². The van der Waals surface area contributed by atoms with Gasteiger partial charge in [-0.05, 0) is 24.3 Å². The monoisotopic (exact) mass is 329 g/mol. The molecule has 0 radical (unpaired) electrons. The number of hydrogen-bond acceptors (Lipinski definition) is 4. The highest BCUT2D eigenvalue weighted by Crippen LogP contribution is 2.26. The van der Waals surface area contributed by atoms with Crippen LogP contribution in [0.2, 0.25) is 0 Å². The van der Waals surface area contributed by atoms with Gasteiger partial charge in [0.05, 0.1) is 18.1 Å². The number of aryl methyl sites for hydroxylation is 1. The van der Waals surface area contributed by atoms with Gasteiger partial charge in [0.1, 0.15) is 0 Å². The molecule has 5 rings (SSSR count). The smallest absolute Gasteiger partial charge is 0.180 e. The second-order valence-electron chi connectivity index (χ2n) is 5.92. The van der Waals surface area contributed by atoms with Crippen molar-refractivity contribution in [2.75, 3.05) is 5.32 Å². The van der Waals surface area contributed by atoms with Crippen molar-refractivity contribution in [3.63, 3.8) is 0 Å². The maximum Gasteiger partial charge on any atom is 0.180 e. The van der Waals surface area contributed by atoms with Crippen LogP contribution in [0.5, 0.6) is 0 Å². The summed E-state index contributed by atoms with van der Waals surface area (Å²) in [4.78, 5) is 12.2. The number of imidazole rings is 1. The van der Waals surface area contributed by atoms with Crippen LogP contribution in [-0.4, -0.2) is 29.1 Å². The SMILES string of the molecule is Cn1cc(-c2cnc3c(Nc4ccc5[nH]ccc5c4)nccn23)cn1. The molecule has 122 valence electrons. The highest BCUT2D eigenvalue weighted by Gasteiger charge is 2.11. The van der Waals surface area contributed by atoms with Crippen molar-refractivity contribution in [1.29, 1.82) is 0 Å². The molecule has 2 N–H and O–H groups in total. The first kappa shape index (κ1) is 13.8. The molecule has 5 aromatic rings. The van der Waals surface area contributed by atoms with Crippen LogP contribution < -0.4 is 5.32 Å². The van der Waals surface area contributed by atoms with Crippen LogP contribution >= 0.6 is 0 Å². The summed E-state index contributed by atoms with van der Waals surface area (Å²) in [6, 6.07) is 8.20. The molecule has 0 amide bonds.